The van der Waals surface area contributed by atoms with E-state index >= 15 is 0 Å². The van der Waals surface area contributed by atoms with E-state index in [4.69, 9.17) is 5.73 Å². The highest BCUT2D eigenvalue weighted by Gasteiger charge is 2.04. The third-order valence-electron chi connectivity index (χ3n) is 1.76. The molecule has 4 N–H and O–H groups in total. The molecule has 88 valence electrons. The minimum absolute atomic E-state index is 0.0564. The summed E-state index contributed by atoms with van der Waals surface area (Å²) in [6, 6.07) is 0. The van der Waals surface area contributed by atoms with Crippen molar-refractivity contribution in [3.63, 3.8) is 0 Å². The second-order valence-corrected chi connectivity index (χ2v) is 4.18. The van der Waals surface area contributed by atoms with E-state index in [0.29, 0.717) is 6.54 Å². The zero-order valence-corrected chi connectivity index (χ0v) is 9.76. The molecule has 0 unspecified atom stereocenters. The second-order valence-electron chi connectivity index (χ2n) is 3.12. The van der Waals surface area contributed by atoms with Gasteiger partial charge in [0.05, 0.1) is 30.3 Å². The monoisotopic (exact) mass is 242 g/mol. The summed E-state index contributed by atoms with van der Waals surface area (Å²) in [6.45, 7) is 2.11. The maximum Gasteiger partial charge on any atom is 0.239 e. The molecule has 0 fully saturated rings. The number of nitrogens with two attached hydrogens (primary N) is 1. The van der Waals surface area contributed by atoms with Crippen molar-refractivity contribution in [3.8, 4) is 0 Å². The predicted molar refractivity (Wildman–Crippen MR) is 60.8 cm³/mol. The van der Waals surface area contributed by atoms with Crippen molar-refractivity contribution in [2.45, 2.75) is 13.5 Å². The van der Waals surface area contributed by atoms with Crippen molar-refractivity contribution >= 4 is 23.2 Å². The fourth-order valence-electron chi connectivity index (χ4n) is 0.992. The molecule has 1 aromatic rings. The van der Waals surface area contributed by atoms with Crippen LogP contribution in [0.4, 0.5) is 0 Å². The molecule has 0 aliphatic carbocycles. The molecule has 0 aliphatic heterocycles. The minimum atomic E-state index is -0.348. The number of aromatic nitrogens is 1. The Kier molecular flexibility index (Phi) is 4.87. The molecule has 7 heteroatoms. The molecule has 2 amide bonds. The topological polar surface area (TPSA) is 97.1 Å². The molecular formula is C9H14N4O2S. The average molecular weight is 242 g/mol. The Morgan fingerprint density at radius 1 is 1.44 bits per heavy atom. The van der Waals surface area contributed by atoms with Crippen LogP contribution in [0.3, 0.4) is 0 Å². The molecule has 0 atom stereocenters. The number of hydrogen-bond donors (Lipinski definition) is 3. The van der Waals surface area contributed by atoms with Gasteiger partial charge in [0.2, 0.25) is 11.8 Å². The van der Waals surface area contributed by atoms with E-state index in [0.717, 1.165) is 10.7 Å². The third kappa shape index (κ3) is 4.37. The summed E-state index contributed by atoms with van der Waals surface area (Å²) in [5.74, 6) is -0.605. The first-order valence-corrected chi connectivity index (χ1v) is 5.64. The van der Waals surface area contributed by atoms with Crippen LogP contribution in [-0.2, 0) is 16.1 Å². The van der Waals surface area contributed by atoms with Gasteiger partial charge in [-0.3, -0.25) is 9.59 Å². The molecule has 6 nitrogen and oxygen atoms in total. The summed E-state index contributed by atoms with van der Waals surface area (Å²) >= 11 is 1.53. The average Bonchev–Trinajstić information content (AvgIpc) is 2.69. The van der Waals surface area contributed by atoms with Crippen molar-refractivity contribution < 1.29 is 9.59 Å². The lowest BCUT2D eigenvalue weighted by Gasteiger charge is -2.04. The minimum Gasteiger partial charge on any atom is -0.349 e. The zero-order valence-electron chi connectivity index (χ0n) is 8.95. The molecule has 1 aromatic heterocycles. The molecule has 0 bridgehead atoms. The third-order valence-corrected chi connectivity index (χ3v) is 2.59. The lowest BCUT2D eigenvalue weighted by atomic mass is 10.4. The predicted octanol–water partition coefficient (Wildman–Crippen LogP) is -0.857. The van der Waals surface area contributed by atoms with Crippen molar-refractivity contribution in [2.75, 3.05) is 13.1 Å². The van der Waals surface area contributed by atoms with Gasteiger partial charge < -0.3 is 16.4 Å². The number of carbonyl (C=O) groups excluding carboxylic acids is 2. The maximum atomic E-state index is 11.3. The lowest BCUT2D eigenvalue weighted by molar-refractivity contribution is -0.125. The second kappa shape index (κ2) is 6.19. The summed E-state index contributed by atoms with van der Waals surface area (Å²) in [7, 11) is 0. The van der Waals surface area contributed by atoms with Crippen molar-refractivity contribution in [1.29, 1.82) is 0 Å². The summed E-state index contributed by atoms with van der Waals surface area (Å²) < 4.78 is 0. The maximum absolute atomic E-state index is 11.3. The summed E-state index contributed by atoms with van der Waals surface area (Å²) in [4.78, 5) is 26.2. The van der Waals surface area contributed by atoms with Crippen LogP contribution >= 0.6 is 11.3 Å². The van der Waals surface area contributed by atoms with E-state index in [-0.39, 0.29) is 24.9 Å². The van der Waals surface area contributed by atoms with Gasteiger partial charge in [-0.1, -0.05) is 0 Å². The van der Waals surface area contributed by atoms with E-state index in [9.17, 15) is 9.59 Å². The SMILES string of the molecule is Cc1nc(CNC(=O)CNC(=O)CN)cs1. The smallest absolute Gasteiger partial charge is 0.239 e. The van der Waals surface area contributed by atoms with Crippen LogP contribution in [0.15, 0.2) is 5.38 Å². The van der Waals surface area contributed by atoms with Gasteiger partial charge in [-0.2, -0.15) is 0 Å². The first kappa shape index (κ1) is 12.6. The quantitative estimate of drug-likeness (QED) is 0.626. The molecule has 0 radical (unpaired) electrons. The first-order valence-electron chi connectivity index (χ1n) is 4.76. The van der Waals surface area contributed by atoms with E-state index < -0.39 is 0 Å². The van der Waals surface area contributed by atoms with Crippen LogP contribution in [0.5, 0.6) is 0 Å². The normalized spacial score (nSPS) is 9.88. The van der Waals surface area contributed by atoms with Gasteiger partial charge in [-0.15, -0.1) is 11.3 Å². The van der Waals surface area contributed by atoms with Gasteiger partial charge in [0.25, 0.3) is 0 Å². The van der Waals surface area contributed by atoms with Crippen molar-refractivity contribution in [2.24, 2.45) is 5.73 Å². The van der Waals surface area contributed by atoms with Gasteiger partial charge in [0, 0.05) is 5.38 Å². The standard InChI is InChI=1S/C9H14N4O2S/c1-6-13-7(5-16-6)3-11-9(15)4-12-8(14)2-10/h5H,2-4,10H2,1H3,(H,11,15)(H,12,14). The fraction of sp³-hybridized carbons (Fsp3) is 0.444. The number of nitrogens with one attached hydrogen (secondary N) is 2. The summed E-state index contributed by atoms with van der Waals surface area (Å²) in [5.41, 5.74) is 5.89. The molecule has 0 aliphatic rings. The van der Waals surface area contributed by atoms with Crippen molar-refractivity contribution in [1.82, 2.24) is 15.6 Å². The van der Waals surface area contributed by atoms with Crippen LogP contribution in [0, 0.1) is 6.92 Å². The Hall–Kier alpha value is -1.47. The van der Waals surface area contributed by atoms with Gasteiger partial charge in [-0.25, -0.2) is 4.98 Å². The Labute approximate surface area is 97.2 Å². The molecule has 0 saturated heterocycles. The van der Waals surface area contributed by atoms with Gasteiger partial charge in [0.1, 0.15) is 0 Å². The van der Waals surface area contributed by atoms with Gasteiger partial charge in [-0.05, 0) is 6.92 Å². The first-order chi connectivity index (χ1) is 7.61. The Morgan fingerprint density at radius 2 is 2.19 bits per heavy atom. The van der Waals surface area contributed by atoms with E-state index in [1.54, 1.807) is 0 Å². The number of aryl methyl sites for hydroxylation is 1. The molecule has 1 heterocycles. The Balaban J connectivity index is 2.22. The molecule has 1 rings (SSSR count). The summed E-state index contributed by atoms with van der Waals surface area (Å²) in [6.07, 6.45) is 0. The fourth-order valence-corrected chi connectivity index (χ4v) is 1.60. The van der Waals surface area contributed by atoms with E-state index in [2.05, 4.69) is 15.6 Å². The van der Waals surface area contributed by atoms with Gasteiger partial charge in [0.15, 0.2) is 0 Å². The number of hydrogen-bond acceptors (Lipinski definition) is 5. The van der Waals surface area contributed by atoms with Gasteiger partial charge >= 0.3 is 0 Å². The number of carbonyl (C=O) groups is 2. The largest absolute Gasteiger partial charge is 0.349 e. The molecule has 16 heavy (non-hydrogen) atoms. The lowest BCUT2D eigenvalue weighted by Crippen LogP contribution is -2.39. The number of nitrogens with zero attached hydrogens (tertiary/aromatic N) is 1. The molecule has 0 aromatic carbocycles. The van der Waals surface area contributed by atoms with Crippen LogP contribution in [0.1, 0.15) is 10.7 Å². The highest BCUT2D eigenvalue weighted by molar-refractivity contribution is 7.09. The van der Waals surface area contributed by atoms with Crippen LogP contribution in [-0.4, -0.2) is 29.9 Å². The summed E-state index contributed by atoms with van der Waals surface area (Å²) in [5, 5.41) is 7.86. The number of amides is 2. The van der Waals surface area contributed by atoms with E-state index in [1.165, 1.54) is 11.3 Å². The highest BCUT2D eigenvalue weighted by atomic mass is 32.1. The molecular weight excluding hydrogens is 228 g/mol. The number of thiazole rings is 1. The van der Waals surface area contributed by atoms with Crippen LogP contribution < -0.4 is 16.4 Å². The van der Waals surface area contributed by atoms with Crippen molar-refractivity contribution in [3.05, 3.63) is 16.1 Å². The highest BCUT2D eigenvalue weighted by Crippen LogP contribution is 2.06. The van der Waals surface area contributed by atoms with Crippen LogP contribution in [0.2, 0.25) is 0 Å². The molecule has 0 saturated carbocycles. The van der Waals surface area contributed by atoms with E-state index in [1.807, 2.05) is 12.3 Å². The Bertz CT molecular complexity index is 377. The van der Waals surface area contributed by atoms with Crippen LogP contribution in [0.25, 0.3) is 0 Å². The molecule has 0 spiro atoms. The number of rotatable bonds is 5. The Morgan fingerprint density at radius 3 is 2.75 bits per heavy atom. The zero-order chi connectivity index (χ0) is 12.0.